The topological polar surface area (TPSA) is 84.5 Å². The molecular weight excluding hydrogens is 466 g/mol. The van der Waals surface area contributed by atoms with Crippen molar-refractivity contribution >= 4 is 29.2 Å². The van der Waals surface area contributed by atoms with Crippen LogP contribution in [0.5, 0.6) is 5.75 Å². The number of amides is 1. The van der Waals surface area contributed by atoms with Gasteiger partial charge in [-0.05, 0) is 67.1 Å². The van der Waals surface area contributed by atoms with Gasteiger partial charge < -0.3 is 9.47 Å². The molecule has 176 valence electrons. The summed E-state index contributed by atoms with van der Waals surface area (Å²) in [7, 11) is 1.61. The van der Waals surface area contributed by atoms with Crippen molar-refractivity contribution in [2.75, 3.05) is 18.6 Å². The van der Waals surface area contributed by atoms with Gasteiger partial charge in [0.25, 0.3) is 5.91 Å². The van der Waals surface area contributed by atoms with Gasteiger partial charge in [-0.3, -0.25) is 14.8 Å². The lowest BCUT2D eigenvalue weighted by Crippen LogP contribution is -2.29. The SMILES string of the molecule is CCOC(=O)c1ccc(N2C(=O)c3[nH]nc(-c4ccc(OC)cc4)c3C2c2ccccc2Cl)cc1. The zero-order valence-electron chi connectivity index (χ0n) is 19.1. The molecule has 7 nitrogen and oxygen atoms in total. The van der Waals surface area contributed by atoms with Crippen molar-refractivity contribution < 1.29 is 19.1 Å². The Morgan fingerprint density at radius 2 is 1.77 bits per heavy atom. The highest BCUT2D eigenvalue weighted by Crippen LogP contribution is 2.46. The fraction of sp³-hybridized carbons (Fsp3) is 0.148. The number of esters is 1. The van der Waals surface area contributed by atoms with E-state index >= 15 is 0 Å². The van der Waals surface area contributed by atoms with E-state index in [1.807, 2.05) is 42.5 Å². The maximum atomic E-state index is 13.7. The zero-order chi connectivity index (χ0) is 24.5. The highest BCUT2D eigenvalue weighted by atomic mass is 35.5. The molecule has 0 bridgehead atoms. The first-order chi connectivity index (χ1) is 17.0. The molecule has 1 unspecified atom stereocenters. The molecule has 1 aliphatic rings. The van der Waals surface area contributed by atoms with Gasteiger partial charge in [0.15, 0.2) is 0 Å². The van der Waals surface area contributed by atoms with E-state index in [2.05, 4.69) is 10.2 Å². The fourth-order valence-electron chi connectivity index (χ4n) is 4.35. The molecule has 0 radical (unpaired) electrons. The summed E-state index contributed by atoms with van der Waals surface area (Å²) in [5.41, 5.74) is 4.44. The average Bonchev–Trinajstić information content (AvgIpc) is 3.44. The molecule has 35 heavy (non-hydrogen) atoms. The molecule has 0 saturated carbocycles. The minimum absolute atomic E-state index is 0.235. The Morgan fingerprint density at radius 3 is 2.43 bits per heavy atom. The summed E-state index contributed by atoms with van der Waals surface area (Å²) in [4.78, 5) is 27.4. The highest BCUT2D eigenvalue weighted by molar-refractivity contribution is 6.31. The van der Waals surface area contributed by atoms with Crippen molar-refractivity contribution in [1.82, 2.24) is 10.2 Å². The van der Waals surface area contributed by atoms with Crippen molar-refractivity contribution in [2.24, 2.45) is 0 Å². The lowest BCUT2D eigenvalue weighted by atomic mass is 9.95. The second kappa shape index (κ2) is 9.27. The van der Waals surface area contributed by atoms with Crippen LogP contribution in [0.3, 0.4) is 0 Å². The first-order valence-electron chi connectivity index (χ1n) is 11.1. The van der Waals surface area contributed by atoms with Crippen LogP contribution in [0.1, 0.15) is 44.9 Å². The quantitative estimate of drug-likeness (QED) is 0.354. The third-order valence-electron chi connectivity index (χ3n) is 5.99. The highest BCUT2D eigenvalue weighted by Gasteiger charge is 2.43. The second-order valence-electron chi connectivity index (χ2n) is 7.96. The van der Waals surface area contributed by atoms with Gasteiger partial charge in [-0.25, -0.2) is 4.79 Å². The Balaban J connectivity index is 1.64. The van der Waals surface area contributed by atoms with Crippen LogP contribution in [0.2, 0.25) is 5.02 Å². The number of H-pyrrole nitrogens is 1. The number of methoxy groups -OCH3 is 1. The smallest absolute Gasteiger partial charge is 0.338 e. The maximum absolute atomic E-state index is 13.7. The largest absolute Gasteiger partial charge is 0.497 e. The number of ether oxygens (including phenoxy) is 2. The number of benzene rings is 3. The van der Waals surface area contributed by atoms with E-state index in [1.54, 1.807) is 49.3 Å². The molecule has 4 aromatic rings. The van der Waals surface area contributed by atoms with Crippen molar-refractivity contribution in [3.8, 4) is 17.0 Å². The van der Waals surface area contributed by atoms with Crippen LogP contribution in [-0.4, -0.2) is 35.8 Å². The molecule has 0 fully saturated rings. The van der Waals surface area contributed by atoms with E-state index in [4.69, 9.17) is 21.1 Å². The lowest BCUT2D eigenvalue weighted by Gasteiger charge is -2.27. The van der Waals surface area contributed by atoms with Gasteiger partial charge in [-0.2, -0.15) is 5.10 Å². The zero-order valence-corrected chi connectivity index (χ0v) is 19.9. The second-order valence-corrected chi connectivity index (χ2v) is 8.36. The van der Waals surface area contributed by atoms with Gasteiger partial charge in [0, 0.05) is 21.8 Å². The number of carbonyl (C=O) groups is 2. The summed E-state index contributed by atoms with van der Waals surface area (Å²) in [5, 5.41) is 7.96. The number of nitrogens with zero attached hydrogens (tertiary/aromatic N) is 2. The molecule has 0 saturated heterocycles. The molecule has 5 rings (SSSR count). The number of rotatable bonds is 6. The van der Waals surface area contributed by atoms with Crippen LogP contribution in [0, 0.1) is 0 Å². The number of hydrogen-bond acceptors (Lipinski definition) is 5. The van der Waals surface area contributed by atoms with E-state index in [0.717, 1.165) is 22.4 Å². The van der Waals surface area contributed by atoms with Crippen molar-refractivity contribution in [2.45, 2.75) is 13.0 Å². The molecule has 0 spiro atoms. The van der Waals surface area contributed by atoms with E-state index in [0.29, 0.717) is 27.7 Å². The number of fused-ring (bicyclic) bond motifs is 1. The molecule has 1 atom stereocenters. The van der Waals surface area contributed by atoms with Gasteiger partial charge in [0.05, 0.1) is 31.0 Å². The predicted molar refractivity (Wildman–Crippen MR) is 133 cm³/mol. The van der Waals surface area contributed by atoms with Crippen molar-refractivity contribution in [1.29, 1.82) is 0 Å². The molecule has 1 aromatic heterocycles. The Labute approximate surface area is 207 Å². The number of halogens is 1. The Bertz CT molecular complexity index is 1400. The Hall–Kier alpha value is -4.10. The number of aromatic amines is 1. The Kier molecular flexibility index (Phi) is 6.01. The van der Waals surface area contributed by atoms with Crippen LogP contribution in [-0.2, 0) is 4.74 Å². The number of aromatic nitrogens is 2. The van der Waals surface area contributed by atoms with Crippen LogP contribution in [0.4, 0.5) is 5.69 Å². The first kappa shape index (κ1) is 22.7. The fourth-order valence-corrected chi connectivity index (χ4v) is 4.59. The predicted octanol–water partition coefficient (Wildman–Crippen LogP) is 5.67. The summed E-state index contributed by atoms with van der Waals surface area (Å²) < 4.78 is 10.4. The monoisotopic (exact) mass is 487 g/mol. The third-order valence-corrected chi connectivity index (χ3v) is 6.33. The average molecular weight is 488 g/mol. The lowest BCUT2D eigenvalue weighted by molar-refractivity contribution is 0.0526. The third kappa shape index (κ3) is 3.94. The molecular formula is C27H22ClN3O4. The van der Waals surface area contributed by atoms with Crippen LogP contribution in [0.15, 0.2) is 72.8 Å². The summed E-state index contributed by atoms with van der Waals surface area (Å²) in [6.07, 6.45) is 0. The van der Waals surface area contributed by atoms with E-state index in [1.165, 1.54) is 0 Å². The molecule has 0 aliphatic carbocycles. The van der Waals surface area contributed by atoms with Crippen LogP contribution in [0.25, 0.3) is 11.3 Å². The normalized spacial score (nSPS) is 14.7. The van der Waals surface area contributed by atoms with Gasteiger partial charge >= 0.3 is 5.97 Å². The number of nitrogens with one attached hydrogen (secondary N) is 1. The van der Waals surface area contributed by atoms with Gasteiger partial charge in [-0.15, -0.1) is 0 Å². The van der Waals surface area contributed by atoms with Crippen molar-refractivity contribution in [3.05, 3.63) is 100 Å². The molecule has 1 amide bonds. The number of hydrogen-bond donors (Lipinski definition) is 1. The molecule has 8 heteroatoms. The molecule has 1 aliphatic heterocycles. The summed E-state index contributed by atoms with van der Waals surface area (Å²) >= 11 is 6.63. The maximum Gasteiger partial charge on any atom is 0.338 e. The van der Waals surface area contributed by atoms with E-state index in [9.17, 15) is 9.59 Å². The minimum atomic E-state index is -0.518. The van der Waals surface area contributed by atoms with Crippen LogP contribution >= 0.6 is 11.6 Å². The standard InChI is InChI=1S/C27H22ClN3O4/c1-3-35-27(33)17-8-12-18(13-9-17)31-25(20-6-4-5-7-21(20)28)22-23(29-30-24(22)26(31)32)16-10-14-19(34-2)15-11-16/h4-15,25H,3H2,1-2H3,(H,29,30). The van der Waals surface area contributed by atoms with Crippen molar-refractivity contribution in [3.63, 3.8) is 0 Å². The first-order valence-corrected chi connectivity index (χ1v) is 11.5. The summed E-state index contributed by atoms with van der Waals surface area (Å²) in [6.45, 7) is 2.04. The molecule has 2 heterocycles. The van der Waals surface area contributed by atoms with Crippen LogP contribution < -0.4 is 9.64 Å². The summed E-state index contributed by atoms with van der Waals surface area (Å²) in [5.74, 6) is 0.0784. The number of anilines is 1. The molecule has 1 N–H and O–H groups in total. The minimum Gasteiger partial charge on any atom is -0.497 e. The summed E-state index contributed by atoms with van der Waals surface area (Å²) in [6, 6.07) is 21.2. The Morgan fingerprint density at radius 1 is 1.06 bits per heavy atom. The van der Waals surface area contributed by atoms with Gasteiger partial charge in [0.1, 0.15) is 11.4 Å². The number of carbonyl (C=O) groups excluding carboxylic acids is 2. The van der Waals surface area contributed by atoms with E-state index < -0.39 is 12.0 Å². The van der Waals surface area contributed by atoms with E-state index in [-0.39, 0.29) is 12.5 Å². The van der Waals surface area contributed by atoms with Gasteiger partial charge in [-0.1, -0.05) is 29.8 Å². The van der Waals surface area contributed by atoms with Gasteiger partial charge in [0.2, 0.25) is 0 Å². The molecule has 3 aromatic carbocycles.